The smallest absolute Gasteiger partial charge is 0.338 e. The first-order valence-electron chi connectivity index (χ1n) is 7.59. The van der Waals surface area contributed by atoms with Crippen molar-refractivity contribution in [2.75, 3.05) is 0 Å². The van der Waals surface area contributed by atoms with E-state index in [-0.39, 0.29) is 11.9 Å². The fraction of sp³-hybridized carbons (Fsp3) is 0.444. The molecule has 0 saturated carbocycles. The third-order valence-corrected chi connectivity index (χ3v) is 3.58. The van der Waals surface area contributed by atoms with Crippen molar-refractivity contribution in [3.8, 4) is 0 Å². The quantitative estimate of drug-likeness (QED) is 0.276. The first kappa shape index (κ1) is 17.2. The van der Waals surface area contributed by atoms with Gasteiger partial charge >= 0.3 is 5.97 Å². The van der Waals surface area contributed by atoms with Crippen LogP contribution < -0.4 is 0 Å². The van der Waals surface area contributed by atoms with Crippen LogP contribution >= 0.6 is 0 Å². The Hall–Kier alpha value is -1.90. The van der Waals surface area contributed by atoms with E-state index in [1.54, 1.807) is 6.20 Å². The van der Waals surface area contributed by atoms with Crippen LogP contribution in [0.15, 0.2) is 49.4 Å². The first-order chi connectivity index (χ1) is 10.2. The molecule has 0 spiro atoms. The molecular weight excluding hydrogens is 262 g/mol. The molecule has 0 N–H and O–H groups in total. The molecule has 0 radical (unpaired) electrons. The molecule has 114 valence electrons. The zero-order valence-corrected chi connectivity index (χ0v) is 12.9. The van der Waals surface area contributed by atoms with Crippen LogP contribution in [-0.4, -0.2) is 11.0 Å². The summed E-state index contributed by atoms with van der Waals surface area (Å²) in [5, 5.41) is 0. The number of pyridine rings is 1. The van der Waals surface area contributed by atoms with Crippen LogP contribution in [0.1, 0.15) is 44.7 Å². The van der Waals surface area contributed by atoms with Crippen LogP contribution in [0.25, 0.3) is 0 Å². The average molecular weight is 287 g/mol. The van der Waals surface area contributed by atoms with Gasteiger partial charge in [0.05, 0.1) is 6.26 Å². The van der Waals surface area contributed by atoms with Gasteiger partial charge in [-0.15, -0.1) is 0 Å². The molecule has 0 amide bonds. The first-order valence-corrected chi connectivity index (χ1v) is 7.59. The molecule has 0 aliphatic heterocycles. The highest BCUT2D eigenvalue weighted by atomic mass is 16.5. The Bertz CT molecular complexity index is 454. The summed E-state index contributed by atoms with van der Waals surface area (Å²) in [6.07, 6.45) is 9.07. The molecule has 1 aromatic rings. The van der Waals surface area contributed by atoms with Gasteiger partial charge in [0.15, 0.2) is 0 Å². The predicted molar refractivity (Wildman–Crippen MR) is 85.6 cm³/mol. The van der Waals surface area contributed by atoms with Gasteiger partial charge in [-0.1, -0.05) is 45.4 Å². The van der Waals surface area contributed by atoms with E-state index in [2.05, 4.69) is 25.1 Å². The molecule has 0 aliphatic rings. The second-order valence-corrected chi connectivity index (χ2v) is 5.15. The standard InChI is InChI=1S/C18H25NO2/c1-4-6-7-10-16(15(3)18(20)21-5-2)12-13-17-11-8-9-14-19-17/h5,8-9,11,14,16H,2-4,6-7,10,12-13H2,1H3. The fourth-order valence-electron chi connectivity index (χ4n) is 2.32. The Balaban J connectivity index is 2.60. The van der Waals surface area contributed by atoms with Crippen molar-refractivity contribution in [2.24, 2.45) is 5.92 Å². The highest BCUT2D eigenvalue weighted by Crippen LogP contribution is 2.24. The van der Waals surface area contributed by atoms with E-state index in [1.807, 2.05) is 18.2 Å². The number of ether oxygens (including phenoxy) is 1. The molecule has 0 bridgehead atoms. The van der Waals surface area contributed by atoms with Crippen LogP contribution in [0.5, 0.6) is 0 Å². The second kappa shape index (κ2) is 9.92. The number of aryl methyl sites for hydroxylation is 1. The number of carbonyl (C=O) groups is 1. The van der Waals surface area contributed by atoms with E-state index in [4.69, 9.17) is 4.74 Å². The summed E-state index contributed by atoms with van der Waals surface area (Å²) < 4.78 is 4.85. The number of hydrogen-bond donors (Lipinski definition) is 0. The van der Waals surface area contributed by atoms with E-state index in [1.165, 1.54) is 6.42 Å². The Kier molecular flexibility index (Phi) is 8.10. The lowest BCUT2D eigenvalue weighted by Gasteiger charge is -2.17. The third kappa shape index (κ3) is 6.39. The van der Waals surface area contributed by atoms with Crippen LogP contribution in [0.4, 0.5) is 0 Å². The number of unbranched alkanes of at least 4 members (excludes halogenated alkanes) is 2. The minimum Gasteiger partial charge on any atom is -0.432 e. The number of hydrogen-bond acceptors (Lipinski definition) is 3. The molecule has 1 unspecified atom stereocenters. The maximum absolute atomic E-state index is 11.8. The Morgan fingerprint density at radius 1 is 1.38 bits per heavy atom. The number of rotatable bonds is 10. The fourth-order valence-corrected chi connectivity index (χ4v) is 2.32. The Morgan fingerprint density at radius 2 is 2.19 bits per heavy atom. The van der Waals surface area contributed by atoms with Gasteiger partial charge in [-0.05, 0) is 37.3 Å². The summed E-state index contributed by atoms with van der Waals surface area (Å²) in [6.45, 7) is 9.51. The van der Waals surface area contributed by atoms with E-state index in [0.29, 0.717) is 5.57 Å². The van der Waals surface area contributed by atoms with Crippen molar-refractivity contribution in [1.29, 1.82) is 0 Å². The van der Waals surface area contributed by atoms with Crippen molar-refractivity contribution in [2.45, 2.75) is 45.4 Å². The molecule has 21 heavy (non-hydrogen) atoms. The summed E-state index contributed by atoms with van der Waals surface area (Å²) in [6, 6.07) is 5.89. The number of nitrogens with zero attached hydrogens (tertiary/aromatic N) is 1. The van der Waals surface area contributed by atoms with Crippen molar-refractivity contribution in [1.82, 2.24) is 4.98 Å². The maximum atomic E-state index is 11.8. The van der Waals surface area contributed by atoms with Gasteiger partial charge in [-0.2, -0.15) is 0 Å². The lowest BCUT2D eigenvalue weighted by Crippen LogP contribution is -2.15. The largest absolute Gasteiger partial charge is 0.432 e. The summed E-state index contributed by atoms with van der Waals surface area (Å²) in [4.78, 5) is 16.1. The van der Waals surface area contributed by atoms with Gasteiger partial charge < -0.3 is 4.74 Å². The molecule has 0 aromatic carbocycles. The summed E-state index contributed by atoms with van der Waals surface area (Å²) >= 11 is 0. The topological polar surface area (TPSA) is 39.2 Å². The lowest BCUT2D eigenvalue weighted by molar-refractivity contribution is -0.134. The minimum absolute atomic E-state index is 0.144. The van der Waals surface area contributed by atoms with E-state index >= 15 is 0 Å². The lowest BCUT2D eigenvalue weighted by atomic mass is 9.89. The Labute approximate surface area is 127 Å². The van der Waals surface area contributed by atoms with Crippen LogP contribution in [0, 0.1) is 5.92 Å². The normalized spacial score (nSPS) is 11.7. The molecule has 3 nitrogen and oxygen atoms in total. The van der Waals surface area contributed by atoms with E-state index in [9.17, 15) is 4.79 Å². The minimum atomic E-state index is -0.368. The summed E-state index contributed by atoms with van der Waals surface area (Å²) in [5.41, 5.74) is 1.59. The zero-order chi connectivity index (χ0) is 15.5. The van der Waals surface area contributed by atoms with Crippen LogP contribution in [-0.2, 0) is 16.0 Å². The van der Waals surface area contributed by atoms with Crippen LogP contribution in [0.2, 0.25) is 0 Å². The van der Waals surface area contributed by atoms with Gasteiger partial charge in [-0.25, -0.2) is 4.79 Å². The zero-order valence-electron chi connectivity index (χ0n) is 12.9. The van der Waals surface area contributed by atoms with Gasteiger partial charge in [0.25, 0.3) is 0 Å². The monoisotopic (exact) mass is 287 g/mol. The summed E-state index contributed by atoms with van der Waals surface area (Å²) in [7, 11) is 0. The van der Waals surface area contributed by atoms with Crippen molar-refractivity contribution in [3.63, 3.8) is 0 Å². The van der Waals surface area contributed by atoms with Gasteiger partial charge in [0.1, 0.15) is 0 Å². The molecule has 0 saturated heterocycles. The number of aromatic nitrogens is 1. The van der Waals surface area contributed by atoms with Crippen LogP contribution in [0.3, 0.4) is 0 Å². The molecule has 1 rings (SSSR count). The number of esters is 1. The maximum Gasteiger partial charge on any atom is 0.338 e. The predicted octanol–water partition coefficient (Wildman–Crippen LogP) is 4.45. The van der Waals surface area contributed by atoms with Crippen molar-refractivity contribution >= 4 is 5.97 Å². The van der Waals surface area contributed by atoms with Crippen molar-refractivity contribution in [3.05, 3.63) is 55.1 Å². The van der Waals surface area contributed by atoms with Crippen molar-refractivity contribution < 1.29 is 9.53 Å². The van der Waals surface area contributed by atoms with Gasteiger partial charge in [-0.3, -0.25) is 4.98 Å². The summed E-state index contributed by atoms with van der Waals surface area (Å²) in [5.74, 6) is -0.224. The molecule has 3 heteroatoms. The molecule has 1 aromatic heterocycles. The second-order valence-electron chi connectivity index (χ2n) is 5.15. The highest BCUT2D eigenvalue weighted by molar-refractivity contribution is 5.88. The molecular formula is C18H25NO2. The molecule has 1 heterocycles. The SMILES string of the molecule is C=COC(=O)C(=C)C(CCCCC)CCc1ccccn1. The highest BCUT2D eigenvalue weighted by Gasteiger charge is 2.19. The van der Waals surface area contributed by atoms with E-state index in [0.717, 1.165) is 44.1 Å². The molecule has 1 atom stereocenters. The Morgan fingerprint density at radius 3 is 2.81 bits per heavy atom. The molecule has 0 aliphatic carbocycles. The van der Waals surface area contributed by atoms with E-state index < -0.39 is 0 Å². The molecule has 0 fully saturated rings. The number of carbonyl (C=O) groups excluding carboxylic acids is 1. The third-order valence-electron chi connectivity index (χ3n) is 3.58. The average Bonchev–Trinajstić information content (AvgIpc) is 2.51. The van der Waals surface area contributed by atoms with Gasteiger partial charge in [0, 0.05) is 17.5 Å². The van der Waals surface area contributed by atoms with Gasteiger partial charge in [0.2, 0.25) is 0 Å².